The lowest BCUT2D eigenvalue weighted by Gasteiger charge is -2.37. The number of rotatable bonds is 2. The van der Waals surface area contributed by atoms with Gasteiger partial charge in [0.05, 0.1) is 17.4 Å². The van der Waals surface area contributed by atoms with Crippen molar-refractivity contribution < 1.29 is 5.11 Å². The number of hydrogen-bond acceptors (Lipinski definition) is 4. The van der Waals surface area contributed by atoms with Gasteiger partial charge in [-0.2, -0.15) is 5.26 Å². The van der Waals surface area contributed by atoms with Crippen molar-refractivity contribution in [3.8, 4) is 6.07 Å². The molecular formula is C18H25N3O. The van der Waals surface area contributed by atoms with Crippen LogP contribution in [0.3, 0.4) is 0 Å². The minimum Gasteiger partial charge on any atom is -0.391 e. The van der Waals surface area contributed by atoms with Crippen molar-refractivity contribution in [1.29, 1.82) is 5.26 Å². The number of nitriles is 1. The zero-order valence-electron chi connectivity index (χ0n) is 13.1. The Bertz CT molecular complexity index is 539. The van der Waals surface area contributed by atoms with Gasteiger partial charge in [-0.3, -0.25) is 4.90 Å². The predicted molar refractivity (Wildman–Crippen MR) is 87.8 cm³/mol. The van der Waals surface area contributed by atoms with Crippen molar-refractivity contribution in [2.24, 2.45) is 0 Å². The maximum Gasteiger partial charge on any atom is 0.101 e. The Balaban J connectivity index is 1.68. The molecule has 0 bridgehead atoms. The van der Waals surface area contributed by atoms with E-state index in [1.54, 1.807) is 0 Å². The van der Waals surface area contributed by atoms with Crippen LogP contribution in [-0.2, 0) is 0 Å². The maximum atomic E-state index is 10.3. The number of para-hydroxylation sites is 1. The largest absolute Gasteiger partial charge is 0.391 e. The van der Waals surface area contributed by atoms with Gasteiger partial charge in [-0.05, 0) is 31.4 Å². The van der Waals surface area contributed by atoms with Crippen molar-refractivity contribution in [3.63, 3.8) is 0 Å². The molecule has 1 heterocycles. The third kappa shape index (κ3) is 3.26. The molecule has 4 nitrogen and oxygen atoms in total. The second-order valence-electron chi connectivity index (χ2n) is 6.42. The first-order chi connectivity index (χ1) is 10.8. The molecular weight excluding hydrogens is 274 g/mol. The average molecular weight is 299 g/mol. The van der Waals surface area contributed by atoms with E-state index < -0.39 is 0 Å². The van der Waals surface area contributed by atoms with Crippen LogP contribution in [-0.4, -0.2) is 48.3 Å². The lowest BCUT2D eigenvalue weighted by molar-refractivity contribution is 0.0230. The molecule has 3 rings (SSSR count). The molecule has 0 radical (unpaired) electrons. The van der Waals surface area contributed by atoms with E-state index in [1.807, 2.05) is 24.3 Å². The molecule has 1 aliphatic carbocycles. The number of hydrogen-bond donors (Lipinski definition) is 1. The van der Waals surface area contributed by atoms with Crippen molar-refractivity contribution in [1.82, 2.24) is 4.90 Å². The van der Waals surface area contributed by atoms with E-state index >= 15 is 0 Å². The Morgan fingerprint density at radius 1 is 1.00 bits per heavy atom. The Morgan fingerprint density at radius 2 is 1.82 bits per heavy atom. The van der Waals surface area contributed by atoms with Gasteiger partial charge in [0, 0.05) is 32.2 Å². The lowest BCUT2D eigenvalue weighted by atomic mass is 9.91. The molecule has 1 saturated heterocycles. The molecule has 1 saturated carbocycles. The third-order valence-electron chi connectivity index (χ3n) is 5.06. The van der Waals surface area contributed by atoms with Crippen molar-refractivity contribution in [3.05, 3.63) is 29.8 Å². The Kier molecular flexibility index (Phi) is 4.97. The highest BCUT2D eigenvalue weighted by molar-refractivity contribution is 5.59. The van der Waals surface area contributed by atoms with E-state index in [9.17, 15) is 10.4 Å². The summed E-state index contributed by atoms with van der Waals surface area (Å²) in [4.78, 5) is 4.80. The van der Waals surface area contributed by atoms with Gasteiger partial charge in [-0.15, -0.1) is 0 Å². The highest BCUT2D eigenvalue weighted by Crippen LogP contribution is 2.26. The number of aliphatic hydroxyl groups is 1. The van der Waals surface area contributed by atoms with Crippen LogP contribution >= 0.6 is 0 Å². The zero-order valence-corrected chi connectivity index (χ0v) is 13.1. The summed E-state index contributed by atoms with van der Waals surface area (Å²) in [5, 5.41) is 19.6. The predicted octanol–water partition coefficient (Wildman–Crippen LogP) is 2.37. The normalized spacial score (nSPS) is 27.2. The van der Waals surface area contributed by atoms with Crippen LogP contribution in [0.5, 0.6) is 0 Å². The van der Waals surface area contributed by atoms with E-state index in [4.69, 9.17) is 0 Å². The van der Waals surface area contributed by atoms with Crippen LogP contribution in [0.2, 0.25) is 0 Å². The molecule has 2 atom stereocenters. The summed E-state index contributed by atoms with van der Waals surface area (Å²) in [5.41, 5.74) is 1.81. The highest BCUT2D eigenvalue weighted by atomic mass is 16.3. The molecule has 1 aromatic rings. The highest BCUT2D eigenvalue weighted by Gasteiger charge is 2.30. The average Bonchev–Trinajstić information content (AvgIpc) is 2.81. The standard InChI is InChI=1S/C18H25N3O/c19-14-15-6-1-2-7-16(15)20-10-5-11-21(13-12-20)17-8-3-4-9-18(17)22/h1-2,6-7,17-18,22H,3-5,8-13H2. The van der Waals surface area contributed by atoms with E-state index in [0.29, 0.717) is 6.04 Å². The Labute approximate surface area is 133 Å². The fourth-order valence-corrected chi connectivity index (χ4v) is 3.87. The lowest BCUT2D eigenvalue weighted by Crippen LogP contribution is -2.47. The van der Waals surface area contributed by atoms with Crippen LogP contribution in [0.15, 0.2) is 24.3 Å². The van der Waals surface area contributed by atoms with Crippen LogP contribution < -0.4 is 4.90 Å². The first kappa shape index (κ1) is 15.3. The number of benzene rings is 1. The molecule has 0 amide bonds. The molecule has 4 heteroatoms. The van der Waals surface area contributed by atoms with Gasteiger partial charge in [0.15, 0.2) is 0 Å². The molecule has 1 aromatic carbocycles. The van der Waals surface area contributed by atoms with Gasteiger partial charge in [0.1, 0.15) is 6.07 Å². The number of anilines is 1. The van der Waals surface area contributed by atoms with E-state index in [2.05, 4.69) is 15.9 Å². The van der Waals surface area contributed by atoms with Gasteiger partial charge in [-0.25, -0.2) is 0 Å². The second kappa shape index (κ2) is 7.13. The molecule has 1 aliphatic heterocycles. The summed E-state index contributed by atoms with van der Waals surface area (Å²) in [6.45, 7) is 3.94. The van der Waals surface area contributed by atoms with Gasteiger partial charge < -0.3 is 10.0 Å². The van der Waals surface area contributed by atoms with Crippen LogP contribution in [0, 0.1) is 11.3 Å². The zero-order chi connectivity index (χ0) is 15.4. The SMILES string of the molecule is N#Cc1ccccc1N1CCCN(C2CCCCC2O)CC1. The van der Waals surface area contributed by atoms with Gasteiger partial charge >= 0.3 is 0 Å². The van der Waals surface area contributed by atoms with Crippen LogP contribution in [0.25, 0.3) is 0 Å². The summed E-state index contributed by atoms with van der Waals surface area (Å²) in [6, 6.07) is 10.5. The Hall–Kier alpha value is -1.57. The van der Waals surface area contributed by atoms with Crippen LogP contribution in [0.4, 0.5) is 5.69 Å². The van der Waals surface area contributed by atoms with E-state index in [1.165, 1.54) is 6.42 Å². The molecule has 1 N–H and O–H groups in total. The second-order valence-corrected chi connectivity index (χ2v) is 6.42. The first-order valence-electron chi connectivity index (χ1n) is 8.46. The summed E-state index contributed by atoms with van der Waals surface area (Å²) < 4.78 is 0. The van der Waals surface area contributed by atoms with Gasteiger partial charge in [0.2, 0.25) is 0 Å². The fraction of sp³-hybridized carbons (Fsp3) is 0.611. The van der Waals surface area contributed by atoms with Gasteiger partial charge in [0.25, 0.3) is 0 Å². The molecule has 22 heavy (non-hydrogen) atoms. The fourth-order valence-electron chi connectivity index (χ4n) is 3.87. The molecule has 2 unspecified atom stereocenters. The minimum atomic E-state index is -0.160. The third-order valence-corrected chi connectivity index (χ3v) is 5.06. The molecule has 0 spiro atoms. The molecule has 2 aliphatic rings. The van der Waals surface area contributed by atoms with E-state index in [-0.39, 0.29) is 6.10 Å². The quantitative estimate of drug-likeness (QED) is 0.911. The number of aliphatic hydroxyl groups excluding tert-OH is 1. The van der Waals surface area contributed by atoms with Crippen molar-refractivity contribution in [2.75, 3.05) is 31.1 Å². The smallest absolute Gasteiger partial charge is 0.101 e. The number of nitrogens with zero attached hydrogens (tertiary/aromatic N) is 3. The van der Waals surface area contributed by atoms with Crippen molar-refractivity contribution >= 4 is 5.69 Å². The summed E-state index contributed by atoms with van der Waals surface area (Å²) >= 11 is 0. The Morgan fingerprint density at radius 3 is 2.64 bits per heavy atom. The van der Waals surface area contributed by atoms with Gasteiger partial charge in [-0.1, -0.05) is 25.0 Å². The molecule has 2 fully saturated rings. The monoisotopic (exact) mass is 299 g/mol. The summed E-state index contributed by atoms with van der Waals surface area (Å²) in [7, 11) is 0. The van der Waals surface area contributed by atoms with E-state index in [0.717, 1.165) is 63.1 Å². The topological polar surface area (TPSA) is 50.5 Å². The summed E-state index contributed by atoms with van der Waals surface area (Å²) in [5.74, 6) is 0. The molecule has 0 aromatic heterocycles. The maximum absolute atomic E-state index is 10.3. The van der Waals surface area contributed by atoms with Crippen molar-refractivity contribution in [2.45, 2.75) is 44.2 Å². The minimum absolute atomic E-state index is 0.160. The molecule has 118 valence electrons. The van der Waals surface area contributed by atoms with Crippen LogP contribution in [0.1, 0.15) is 37.7 Å². The summed E-state index contributed by atoms with van der Waals surface area (Å²) in [6.07, 6.45) is 5.39. The first-order valence-corrected chi connectivity index (χ1v) is 8.46.